The summed E-state index contributed by atoms with van der Waals surface area (Å²) in [6, 6.07) is 14.2. The molecule has 2 aromatic carbocycles. The van der Waals surface area contributed by atoms with E-state index in [1.54, 1.807) is 32.0 Å². The molecule has 0 aliphatic heterocycles. The highest BCUT2D eigenvalue weighted by molar-refractivity contribution is 6.05. The summed E-state index contributed by atoms with van der Waals surface area (Å²) in [7, 11) is 1.42. The highest BCUT2D eigenvalue weighted by atomic mass is 16.5. The van der Waals surface area contributed by atoms with Gasteiger partial charge in [0.2, 0.25) is 0 Å². The average Bonchev–Trinajstić information content (AvgIpc) is 2.74. The zero-order valence-electron chi connectivity index (χ0n) is 19.5. The van der Waals surface area contributed by atoms with E-state index in [-0.39, 0.29) is 17.3 Å². The maximum atomic E-state index is 13.5. The van der Waals surface area contributed by atoms with Crippen molar-refractivity contribution in [2.24, 2.45) is 11.7 Å². The molecule has 0 fully saturated rings. The van der Waals surface area contributed by atoms with E-state index in [1.807, 2.05) is 44.2 Å². The molecule has 0 aliphatic rings. The molecule has 8 nitrogen and oxygen atoms in total. The maximum Gasteiger partial charge on any atom is 0.412 e. The van der Waals surface area contributed by atoms with Crippen LogP contribution in [0.3, 0.4) is 0 Å². The van der Waals surface area contributed by atoms with E-state index in [0.29, 0.717) is 28.6 Å². The first kappa shape index (κ1) is 23.8. The molecule has 3 rings (SSSR count). The van der Waals surface area contributed by atoms with Crippen LogP contribution in [0.15, 0.2) is 53.3 Å². The lowest BCUT2D eigenvalue weighted by Gasteiger charge is -2.27. The van der Waals surface area contributed by atoms with E-state index >= 15 is 0 Å². The van der Waals surface area contributed by atoms with Crippen LogP contribution in [0.5, 0.6) is 5.75 Å². The second-order valence-electron chi connectivity index (χ2n) is 8.90. The Hall–Kier alpha value is -3.81. The van der Waals surface area contributed by atoms with Crippen molar-refractivity contribution in [1.82, 2.24) is 4.57 Å². The molecule has 33 heavy (non-hydrogen) atoms. The molecule has 0 atom stereocenters. The van der Waals surface area contributed by atoms with E-state index in [2.05, 4.69) is 0 Å². The maximum absolute atomic E-state index is 13.5. The number of hydrogen-bond acceptors (Lipinski definition) is 4. The van der Waals surface area contributed by atoms with Gasteiger partial charge in [0, 0.05) is 29.9 Å². The molecule has 0 saturated heterocycles. The number of pyridine rings is 1. The number of nitrogens with zero attached hydrogens (tertiary/aromatic N) is 2. The second-order valence-corrected chi connectivity index (χ2v) is 8.90. The van der Waals surface area contributed by atoms with Gasteiger partial charge in [-0.1, -0.05) is 44.2 Å². The fraction of sp³-hybridized carbons (Fsp3) is 0.320. The average molecular weight is 452 g/mol. The van der Waals surface area contributed by atoms with Crippen LogP contribution in [0.1, 0.15) is 27.7 Å². The molecule has 2 amide bonds. The van der Waals surface area contributed by atoms with E-state index in [1.165, 1.54) is 11.6 Å². The SMILES string of the molecule is CC(C)Cn1c(N(C)C(=O)O)c(-c2ccccc2)c2cc(OC(C)(C)C(N)=O)ccc2c1=O. The van der Waals surface area contributed by atoms with E-state index in [4.69, 9.17) is 10.5 Å². The molecule has 0 radical (unpaired) electrons. The standard InChI is InChI=1S/C25H29N3O5/c1-15(2)14-28-21(27(5)24(31)32)20(16-9-7-6-8-10-16)19-13-17(11-12-18(19)22(28)29)33-25(3,4)23(26)30/h6-13,15H,14H2,1-5H3,(H2,26,30)(H,31,32). The van der Waals surface area contributed by atoms with Crippen molar-refractivity contribution in [3.63, 3.8) is 0 Å². The van der Waals surface area contributed by atoms with Gasteiger partial charge < -0.3 is 15.6 Å². The number of amides is 2. The van der Waals surface area contributed by atoms with Gasteiger partial charge in [0.05, 0.1) is 0 Å². The fourth-order valence-electron chi connectivity index (χ4n) is 3.69. The summed E-state index contributed by atoms with van der Waals surface area (Å²) >= 11 is 0. The zero-order valence-corrected chi connectivity index (χ0v) is 19.5. The zero-order chi connectivity index (χ0) is 24.5. The number of benzene rings is 2. The Kier molecular flexibility index (Phi) is 6.48. The summed E-state index contributed by atoms with van der Waals surface area (Å²) in [4.78, 5) is 38.4. The van der Waals surface area contributed by atoms with Crippen LogP contribution >= 0.6 is 0 Å². The van der Waals surface area contributed by atoms with Crippen LogP contribution in [0, 0.1) is 5.92 Å². The van der Waals surface area contributed by atoms with Gasteiger partial charge in [-0.2, -0.15) is 0 Å². The number of primary amides is 1. The number of rotatable bonds is 7. The van der Waals surface area contributed by atoms with Gasteiger partial charge >= 0.3 is 6.09 Å². The molecule has 0 aliphatic carbocycles. The van der Waals surface area contributed by atoms with Crippen LogP contribution in [-0.2, 0) is 11.3 Å². The Balaban J connectivity index is 2.46. The number of anilines is 1. The van der Waals surface area contributed by atoms with Gasteiger partial charge in [-0.05, 0) is 43.5 Å². The first-order valence-electron chi connectivity index (χ1n) is 10.7. The molecule has 8 heteroatoms. The minimum absolute atomic E-state index is 0.101. The number of hydrogen-bond donors (Lipinski definition) is 2. The highest BCUT2D eigenvalue weighted by Crippen LogP contribution is 2.38. The lowest BCUT2D eigenvalue weighted by Crippen LogP contribution is -2.43. The number of carbonyl (C=O) groups is 2. The summed E-state index contributed by atoms with van der Waals surface area (Å²) in [5.41, 5.74) is 5.20. The largest absolute Gasteiger partial charge is 0.478 e. The van der Waals surface area contributed by atoms with Crippen LogP contribution in [0.4, 0.5) is 10.6 Å². The predicted molar refractivity (Wildman–Crippen MR) is 129 cm³/mol. The summed E-state index contributed by atoms with van der Waals surface area (Å²) in [6.45, 7) is 7.39. The summed E-state index contributed by atoms with van der Waals surface area (Å²) in [5.74, 6) is 0.0767. The molecular weight excluding hydrogens is 422 g/mol. The number of ether oxygens (including phenoxy) is 1. The third kappa shape index (κ3) is 4.69. The van der Waals surface area contributed by atoms with Crippen molar-refractivity contribution in [3.8, 4) is 16.9 Å². The number of carbonyl (C=O) groups excluding carboxylic acids is 1. The first-order chi connectivity index (χ1) is 15.4. The molecule has 1 heterocycles. The first-order valence-corrected chi connectivity index (χ1v) is 10.7. The van der Waals surface area contributed by atoms with Crippen molar-refractivity contribution in [1.29, 1.82) is 0 Å². The topological polar surface area (TPSA) is 115 Å². The monoisotopic (exact) mass is 451 g/mol. The Bertz CT molecular complexity index is 1260. The van der Waals surface area contributed by atoms with Gasteiger partial charge in [-0.25, -0.2) is 4.79 Å². The second kappa shape index (κ2) is 8.97. The third-order valence-electron chi connectivity index (χ3n) is 5.40. The Morgan fingerprint density at radius 1 is 1.12 bits per heavy atom. The lowest BCUT2D eigenvalue weighted by atomic mass is 9.98. The van der Waals surface area contributed by atoms with Gasteiger partial charge in [0.15, 0.2) is 5.60 Å². The van der Waals surface area contributed by atoms with Gasteiger partial charge in [0.1, 0.15) is 11.6 Å². The number of carboxylic acid groups (broad SMARTS) is 1. The number of fused-ring (bicyclic) bond motifs is 1. The van der Waals surface area contributed by atoms with Crippen molar-refractivity contribution in [2.75, 3.05) is 11.9 Å². The molecule has 0 bridgehead atoms. The molecular formula is C25H29N3O5. The molecule has 1 aromatic heterocycles. The van der Waals surface area contributed by atoms with Crippen LogP contribution in [0.25, 0.3) is 21.9 Å². The van der Waals surface area contributed by atoms with Gasteiger partial charge in [-0.3, -0.25) is 19.1 Å². The molecule has 3 N–H and O–H groups in total. The smallest absolute Gasteiger partial charge is 0.412 e. The molecule has 174 valence electrons. The van der Waals surface area contributed by atoms with Crippen LogP contribution in [-0.4, -0.2) is 34.3 Å². The van der Waals surface area contributed by atoms with Crippen LogP contribution in [0.2, 0.25) is 0 Å². The molecule has 0 unspecified atom stereocenters. The quantitative estimate of drug-likeness (QED) is 0.562. The van der Waals surface area contributed by atoms with Crippen molar-refractivity contribution >= 4 is 28.6 Å². The third-order valence-corrected chi connectivity index (χ3v) is 5.40. The summed E-state index contributed by atoms with van der Waals surface area (Å²) < 4.78 is 7.34. The lowest BCUT2D eigenvalue weighted by molar-refractivity contribution is -0.130. The van der Waals surface area contributed by atoms with Gasteiger partial charge in [-0.15, -0.1) is 0 Å². The van der Waals surface area contributed by atoms with Crippen molar-refractivity contribution in [3.05, 3.63) is 58.9 Å². The Labute approximate surface area is 192 Å². The summed E-state index contributed by atoms with van der Waals surface area (Å²) in [5, 5.41) is 10.8. The molecule has 0 spiro atoms. The highest BCUT2D eigenvalue weighted by Gasteiger charge is 2.28. The Morgan fingerprint density at radius 3 is 2.30 bits per heavy atom. The predicted octanol–water partition coefficient (Wildman–Crippen LogP) is 4.08. The Morgan fingerprint density at radius 2 is 1.76 bits per heavy atom. The molecule has 0 saturated carbocycles. The van der Waals surface area contributed by atoms with E-state index < -0.39 is 17.6 Å². The summed E-state index contributed by atoms with van der Waals surface area (Å²) in [6.07, 6.45) is -1.19. The van der Waals surface area contributed by atoms with Gasteiger partial charge in [0.25, 0.3) is 11.5 Å². The van der Waals surface area contributed by atoms with E-state index in [9.17, 15) is 19.5 Å². The number of aromatic nitrogens is 1. The normalized spacial score (nSPS) is 11.6. The van der Waals surface area contributed by atoms with Crippen LogP contribution < -0.4 is 20.9 Å². The number of nitrogens with two attached hydrogens (primary N) is 1. The van der Waals surface area contributed by atoms with Crippen molar-refractivity contribution < 1.29 is 19.4 Å². The van der Waals surface area contributed by atoms with Crippen molar-refractivity contribution in [2.45, 2.75) is 39.8 Å². The fourth-order valence-corrected chi connectivity index (χ4v) is 3.69. The van der Waals surface area contributed by atoms with E-state index in [0.717, 1.165) is 10.5 Å². The molecule has 3 aromatic rings. The minimum atomic E-state index is -1.27. The minimum Gasteiger partial charge on any atom is -0.478 e.